The van der Waals surface area contributed by atoms with Crippen molar-refractivity contribution in [3.63, 3.8) is 0 Å². The summed E-state index contributed by atoms with van der Waals surface area (Å²) in [5.41, 5.74) is 0.997. The Bertz CT molecular complexity index is 507. The van der Waals surface area contributed by atoms with Gasteiger partial charge in [-0.3, -0.25) is 14.8 Å². The first kappa shape index (κ1) is 18.9. The molecular weight excluding hydrogens is 290 g/mol. The molecule has 0 fully saturated rings. The highest BCUT2D eigenvalue weighted by Gasteiger charge is 2.13. The maximum absolute atomic E-state index is 11.9. The number of amides is 1. The zero-order valence-electron chi connectivity index (χ0n) is 14.8. The molecule has 0 bridgehead atoms. The number of rotatable bonds is 6. The highest BCUT2D eigenvalue weighted by atomic mass is 16.1. The average molecular weight is 319 g/mol. The molecule has 0 aliphatic heterocycles. The van der Waals surface area contributed by atoms with Crippen molar-refractivity contribution in [1.82, 2.24) is 15.6 Å². The zero-order chi connectivity index (χ0) is 17.3. The molecule has 0 saturated heterocycles. The van der Waals surface area contributed by atoms with E-state index in [1.54, 1.807) is 31.6 Å². The van der Waals surface area contributed by atoms with Crippen molar-refractivity contribution >= 4 is 17.6 Å². The van der Waals surface area contributed by atoms with Crippen molar-refractivity contribution in [3.8, 4) is 0 Å². The van der Waals surface area contributed by atoms with Gasteiger partial charge >= 0.3 is 0 Å². The summed E-state index contributed by atoms with van der Waals surface area (Å²) in [5.74, 6) is 0.496. The number of anilines is 1. The van der Waals surface area contributed by atoms with Gasteiger partial charge in [0.05, 0.1) is 18.4 Å². The Hall–Kier alpha value is -2.11. The van der Waals surface area contributed by atoms with E-state index in [9.17, 15) is 4.79 Å². The SMILES string of the molecule is CN=C(NCC(=O)Nc1cccnc1)NC(C)CCC(C)(C)C. The average Bonchev–Trinajstić information content (AvgIpc) is 2.49. The smallest absolute Gasteiger partial charge is 0.243 e. The number of aromatic nitrogens is 1. The van der Waals surface area contributed by atoms with E-state index in [4.69, 9.17) is 0 Å². The van der Waals surface area contributed by atoms with Crippen LogP contribution >= 0.6 is 0 Å². The molecule has 1 aromatic rings. The van der Waals surface area contributed by atoms with E-state index >= 15 is 0 Å². The van der Waals surface area contributed by atoms with Crippen LogP contribution in [0.2, 0.25) is 0 Å². The lowest BCUT2D eigenvalue weighted by atomic mass is 9.89. The second-order valence-electron chi connectivity index (χ2n) is 6.86. The predicted octanol–water partition coefficient (Wildman–Crippen LogP) is 2.40. The Balaban J connectivity index is 2.34. The molecule has 0 radical (unpaired) electrons. The summed E-state index contributed by atoms with van der Waals surface area (Å²) in [4.78, 5) is 20.0. The summed E-state index contributed by atoms with van der Waals surface area (Å²) in [5, 5.41) is 9.10. The second-order valence-corrected chi connectivity index (χ2v) is 6.86. The molecule has 1 amide bonds. The van der Waals surface area contributed by atoms with Crippen LogP contribution in [0, 0.1) is 5.41 Å². The number of carbonyl (C=O) groups is 1. The lowest BCUT2D eigenvalue weighted by Gasteiger charge is -2.23. The largest absolute Gasteiger partial charge is 0.354 e. The first-order valence-electron chi connectivity index (χ1n) is 7.97. The molecule has 6 nitrogen and oxygen atoms in total. The molecular formula is C17H29N5O. The van der Waals surface area contributed by atoms with Crippen molar-refractivity contribution < 1.29 is 4.79 Å². The van der Waals surface area contributed by atoms with Gasteiger partial charge in [0, 0.05) is 19.3 Å². The van der Waals surface area contributed by atoms with Crippen molar-refractivity contribution in [2.45, 2.75) is 46.6 Å². The lowest BCUT2D eigenvalue weighted by Crippen LogP contribution is -2.45. The number of guanidine groups is 1. The highest BCUT2D eigenvalue weighted by molar-refractivity contribution is 5.94. The maximum atomic E-state index is 11.9. The van der Waals surface area contributed by atoms with Gasteiger partial charge in [-0.2, -0.15) is 0 Å². The van der Waals surface area contributed by atoms with Crippen LogP contribution in [0.3, 0.4) is 0 Å². The van der Waals surface area contributed by atoms with E-state index in [1.807, 2.05) is 0 Å². The lowest BCUT2D eigenvalue weighted by molar-refractivity contribution is -0.115. The first-order chi connectivity index (χ1) is 10.8. The molecule has 0 aromatic carbocycles. The molecule has 128 valence electrons. The fourth-order valence-corrected chi connectivity index (χ4v) is 1.96. The summed E-state index contributed by atoms with van der Waals surface area (Å²) < 4.78 is 0. The van der Waals surface area contributed by atoms with Gasteiger partial charge in [0.15, 0.2) is 5.96 Å². The van der Waals surface area contributed by atoms with Gasteiger partial charge in [0.25, 0.3) is 0 Å². The summed E-state index contributed by atoms with van der Waals surface area (Å²) in [6, 6.07) is 3.87. The van der Waals surface area contributed by atoms with Gasteiger partial charge in [0.2, 0.25) is 5.91 Å². The Kier molecular flexibility index (Phi) is 7.51. The third-order valence-corrected chi connectivity index (χ3v) is 3.30. The number of aliphatic imine (C=N–C) groups is 1. The minimum absolute atomic E-state index is 0.136. The van der Waals surface area contributed by atoms with E-state index < -0.39 is 0 Å². The van der Waals surface area contributed by atoms with Crippen LogP contribution in [-0.2, 0) is 4.79 Å². The number of hydrogen-bond acceptors (Lipinski definition) is 3. The van der Waals surface area contributed by atoms with Crippen LogP contribution in [-0.4, -0.2) is 36.5 Å². The normalized spacial score (nSPS) is 13.3. The molecule has 0 spiro atoms. The van der Waals surface area contributed by atoms with E-state index in [0.29, 0.717) is 23.1 Å². The van der Waals surface area contributed by atoms with Crippen molar-refractivity contribution in [2.24, 2.45) is 10.4 Å². The zero-order valence-corrected chi connectivity index (χ0v) is 14.8. The number of pyridine rings is 1. The second kappa shape index (κ2) is 9.12. The minimum Gasteiger partial charge on any atom is -0.354 e. The van der Waals surface area contributed by atoms with Crippen LogP contribution in [0.1, 0.15) is 40.5 Å². The fraction of sp³-hybridized carbons (Fsp3) is 0.588. The summed E-state index contributed by atoms with van der Waals surface area (Å²) >= 11 is 0. The minimum atomic E-state index is -0.136. The third-order valence-electron chi connectivity index (χ3n) is 3.30. The van der Waals surface area contributed by atoms with Crippen LogP contribution < -0.4 is 16.0 Å². The standard InChI is InChI=1S/C17H29N5O/c1-13(8-9-17(2,3)4)21-16(18-5)20-12-15(23)22-14-7-6-10-19-11-14/h6-7,10-11,13H,8-9,12H2,1-5H3,(H,22,23)(H2,18,20,21). The fourth-order valence-electron chi connectivity index (χ4n) is 1.96. The number of carbonyl (C=O) groups excluding carboxylic acids is 1. The Morgan fingerprint density at radius 1 is 1.39 bits per heavy atom. The van der Waals surface area contributed by atoms with E-state index in [-0.39, 0.29) is 12.5 Å². The van der Waals surface area contributed by atoms with Crippen LogP contribution in [0.25, 0.3) is 0 Å². The van der Waals surface area contributed by atoms with Gasteiger partial charge < -0.3 is 16.0 Å². The van der Waals surface area contributed by atoms with Crippen molar-refractivity contribution in [2.75, 3.05) is 18.9 Å². The molecule has 1 heterocycles. The summed E-state index contributed by atoms with van der Waals surface area (Å²) in [7, 11) is 1.70. The van der Waals surface area contributed by atoms with Gasteiger partial charge in [-0.25, -0.2) is 0 Å². The Morgan fingerprint density at radius 3 is 2.70 bits per heavy atom. The Labute approximate surface area is 139 Å². The van der Waals surface area contributed by atoms with Crippen molar-refractivity contribution in [1.29, 1.82) is 0 Å². The maximum Gasteiger partial charge on any atom is 0.243 e. The van der Waals surface area contributed by atoms with Crippen molar-refractivity contribution in [3.05, 3.63) is 24.5 Å². The molecule has 1 atom stereocenters. The number of hydrogen-bond donors (Lipinski definition) is 3. The first-order valence-corrected chi connectivity index (χ1v) is 7.97. The van der Waals surface area contributed by atoms with Crippen LogP contribution in [0.15, 0.2) is 29.5 Å². The number of nitrogens with one attached hydrogen (secondary N) is 3. The molecule has 6 heteroatoms. The quantitative estimate of drug-likeness (QED) is 0.556. The topological polar surface area (TPSA) is 78.4 Å². The molecule has 1 aromatic heterocycles. The van der Waals surface area contributed by atoms with Gasteiger partial charge in [0.1, 0.15) is 0 Å². The summed E-state index contributed by atoms with van der Waals surface area (Å²) in [6.45, 7) is 8.97. The molecule has 3 N–H and O–H groups in total. The van der Waals surface area contributed by atoms with Gasteiger partial charge in [-0.15, -0.1) is 0 Å². The summed E-state index contributed by atoms with van der Waals surface area (Å²) in [6.07, 6.45) is 5.45. The van der Waals surface area contributed by atoms with E-state index in [2.05, 4.69) is 53.6 Å². The van der Waals surface area contributed by atoms with E-state index in [0.717, 1.165) is 12.8 Å². The highest BCUT2D eigenvalue weighted by Crippen LogP contribution is 2.21. The molecule has 0 saturated carbocycles. The molecule has 0 aliphatic rings. The Morgan fingerprint density at radius 2 is 2.13 bits per heavy atom. The third kappa shape index (κ3) is 8.80. The molecule has 1 unspecified atom stereocenters. The monoisotopic (exact) mass is 319 g/mol. The predicted molar refractivity (Wildman–Crippen MR) is 95.5 cm³/mol. The number of nitrogens with zero attached hydrogens (tertiary/aromatic N) is 2. The van der Waals surface area contributed by atoms with Crippen LogP contribution in [0.4, 0.5) is 5.69 Å². The molecule has 0 aliphatic carbocycles. The van der Waals surface area contributed by atoms with Crippen LogP contribution in [0.5, 0.6) is 0 Å². The van der Waals surface area contributed by atoms with E-state index in [1.165, 1.54) is 0 Å². The van der Waals surface area contributed by atoms with Gasteiger partial charge in [-0.05, 0) is 37.3 Å². The molecule has 23 heavy (non-hydrogen) atoms. The van der Waals surface area contributed by atoms with Gasteiger partial charge in [-0.1, -0.05) is 20.8 Å². The molecule has 1 rings (SSSR count).